The fourth-order valence-corrected chi connectivity index (χ4v) is 2.98. The summed E-state index contributed by atoms with van der Waals surface area (Å²) in [7, 11) is 1.99. The van der Waals surface area contributed by atoms with Gasteiger partial charge in [-0.1, -0.05) is 25.4 Å². The molecule has 0 fully saturated rings. The lowest BCUT2D eigenvalue weighted by Crippen LogP contribution is -2.42. The second-order valence-corrected chi connectivity index (χ2v) is 6.40. The minimum absolute atomic E-state index is 0.0645. The van der Waals surface area contributed by atoms with Crippen LogP contribution in [0.4, 0.5) is 10.1 Å². The van der Waals surface area contributed by atoms with Crippen LogP contribution >= 0.6 is 11.6 Å². The Balaban J connectivity index is 2.01. The van der Waals surface area contributed by atoms with Gasteiger partial charge in [0.05, 0.1) is 29.3 Å². The molecule has 0 spiro atoms. The van der Waals surface area contributed by atoms with E-state index in [1.807, 2.05) is 24.0 Å². The fraction of sp³-hybridized carbons (Fsp3) is 0.400. The Labute approximate surface area is 123 Å². The standard InChI is InChI=1S/C15H17ClFN3/c1-15(2)8-20(7-13-14(15)18-9-19(13)3)10-4-5-11(16)12(17)6-10/h4-6,9H,7-8H2,1-3H3. The second kappa shape index (κ2) is 4.48. The molecule has 0 N–H and O–H groups in total. The van der Waals surface area contributed by atoms with Crippen molar-refractivity contribution >= 4 is 17.3 Å². The summed E-state index contributed by atoms with van der Waals surface area (Å²) in [5, 5.41) is 0.159. The van der Waals surface area contributed by atoms with Crippen LogP contribution in [0.1, 0.15) is 25.2 Å². The van der Waals surface area contributed by atoms with Crippen LogP contribution in [0.5, 0.6) is 0 Å². The predicted molar refractivity (Wildman–Crippen MR) is 78.7 cm³/mol. The van der Waals surface area contributed by atoms with Gasteiger partial charge in [0, 0.05) is 24.7 Å². The fourth-order valence-electron chi connectivity index (χ4n) is 2.86. The number of imidazole rings is 1. The third kappa shape index (κ3) is 2.08. The molecule has 3 nitrogen and oxygen atoms in total. The van der Waals surface area contributed by atoms with Gasteiger partial charge in [0.15, 0.2) is 0 Å². The van der Waals surface area contributed by atoms with Crippen molar-refractivity contribution < 1.29 is 4.39 Å². The molecule has 2 heterocycles. The molecule has 1 aliphatic heterocycles. The molecule has 0 unspecified atom stereocenters. The molecule has 3 rings (SSSR count). The highest BCUT2D eigenvalue weighted by atomic mass is 35.5. The van der Waals surface area contributed by atoms with Crippen LogP contribution in [0.15, 0.2) is 24.5 Å². The van der Waals surface area contributed by atoms with Gasteiger partial charge in [-0.2, -0.15) is 0 Å². The zero-order chi connectivity index (χ0) is 14.5. The molecule has 0 amide bonds. The van der Waals surface area contributed by atoms with Gasteiger partial charge in [-0.05, 0) is 18.2 Å². The summed E-state index contributed by atoms with van der Waals surface area (Å²) in [6.45, 7) is 5.86. The van der Waals surface area contributed by atoms with Gasteiger partial charge < -0.3 is 9.47 Å². The van der Waals surface area contributed by atoms with Crippen LogP contribution in [-0.2, 0) is 19.0 Å². The van der Waals surface area contributed by atoms with Crippen LogP contribution < -0.4 is 4.90 Å². The Morgan fingerprint density at radius 2 is 2.10 bits per heavy atom. The lowest BCUT2D eigenvalue weighted by Gasteiger charge is -2.39. The van der Waals surface area contributed by atoms with Crippen molar-refractivity contribution in [3.8, 4) is 0 Å². The molecule has 0 aliphatic carbocycles. The number of hydrogen-bond donors (Lipinski definition) is 0. The average Bonchev–Trinajstić information content (AvgIpc) is 2.75. The van der Waals surface area contributed by atoms with Crippen molar-refractivity contribution in [3.05, 3.63) is 46.8 Å². The second-order valence-electron chi connectivity index (χ2n) is 5.99. The summed E-state index contributed by atoms with van der Waals surface area (Å²) in [6, 6.07) is 4.97. The van der Waals surface area contributed by atoms with Crippen molar-refractivity contribution in [2.45, 2.75) is 25.8 Å². The Morgan fingerprint density at radius 3 is 2.80 bits per heavy atom. The highest BCUT2D eigenvalue weighted by Gasteiger charge is 2.35. The van der Waals surface area contributed by atoms with Crippen LogP contribution in [-0.4, -0.2) is 16.1 Å². The summed E-state index contributed by atoms with van der Waals surface area (Å²) in [4.78, 5) is 6.68. The molecule has 1 aromatic heterocycles. The van der Waals surface area contributed by atoms with Gasteiger partial charge in [0.1, 0.15) is 5.82 Å². The summed E-state index contributed by atoms with van der Waals surface area (Å²) in [6.07, 6.45) is 1.85. The first-order chi connectivity index (χ1) is 9.38. The number of aryl methyl sites for hydroxylation is 1. The number of rotatable bonds is 1. The first-order valence-electron chi connectivity index (χ1n) is 6.59. The minimum Gasteiger partial charge on any atom is -0.365 e. The number of hydrogen-bond acceptors (Lipinski definition) is 2. The maximum absolute atomic E-state index is 13.7. The van der Waals surface area contributed by atoms with Gasteiger partial charge in [-0.3, -0.25) is 0 Å². The minimum atomic E-state index is -0.377. The number of fused-ring (bicyclic) bond motifs is 1. The van der Waals surface area contributed by atoms with E-state index in [0.29, 0.717) is 0 Å². The SMILES string of the molecule is Cn1cnc2c1CN(c1ccc(Cl)c(F)c1)CC2(C)C. The van der Waals surface area contributed by atoms with E-state index in [4.69, 9.17) is 11.6 Å². The highest BCUT2D eigenvalue weighted by molar-refractivity contribution is 6.30. The molecular weight excluding hydrogens is 277 g/mol. The zero-order valence-electron chi connectivity index (χ0n) is 11.8. The molecule has 2 aromatic rings. The number of anilines is 1. The smallest absolute Gasteiger partial charge is 0.143 e. The number of halogens is 2. The lowest BCUT2D eigenvalue weighted by atomic mass is 9.84. The monoisotopic (exact) mass is 293 g/mol. The van der Waals surface area contributed by atoms with E-state index in [-0.39, 0.29) is 16.3 Å². The van der Waals surface area contributed by atoms with Crippen LogP contribution in [0.25, 0.3) is 0 Å². The molecular formula is C15H17ClFN3. The number of nitrogens with zero attached hydrogens (tertiary/aromatic N) is 3. The molecule has 0 atom stereocenters. The Morgan fingerprint density at radius 1 is 1.35 bits per heavy atom. The first-order valence-corrected chi connectivity index (χ1v) is 6.97. The molecule has 5 heteroatoms. The quantitative estimate of drug-likeness (QED) is 0.802. The Kier molecular flexibility index (Phi) is 3.01. The molecule has 0 bridgehead atoms. The average molecular weight is 294 g/mol. The predicted octanol–water partition coefficient (Wildman–Crippen LogP) is 3.51. The van der Waals surface area contributed by atoms with Crippen molar-refractivity contribution in [2.24, 2.45) is 7.05 Å². The largest absolute Gasteiger partial charge is 0.365 e. The number of benzene rings is 1. The van der Waals surface area contributed by atoms with E-state index in [9.17, 15) is 4.39 Å². The number of aromatic nitrogens is 2. The van der Waals surface area contributed by atoms with E-state index in [0.717, 1.165) is 24.5 Å². The van der Waals surface area contributed by atoms with Crippen LogP contribution in [0.3, 0.4) is 0 Å². The molecule has 1 aliphatic rings. The normalized spacial score (nSPS) is 17.1. The third-order valence-corrected chi connectivity index (χ3v) is 4.20. The van der Waals surface area contributed by atoms with Gasteiger partial charge in [-0.15, -0.1) is 0 Å². The van der Waals surface area contributed by atoms with Gasteiger partial charge in [-0.25, -0.2) is 9.37 Å². The molecule has 0 saturated carbocycles. The van der Waals surface area contributed by atoms with Crippen molar-refractivity contribution in [1.82, 2.24) is 9.55 Å². The third-order valence-electron chi connectivity index (χ3n) is 3.90. The molecule has 20 heavy (non-hydrogen) atoms. The van der Waals surface area contributed by atoms with E-state index >= 15 is 0 Å². The molecule has 106 valence electrons. The summed E-state index contributed by atoms with van der Waals surface area (Å²) < 4.78 is 15.7. The van der Waals surface area contributed by atoms with E-state index in [2.05, 4.69) is 23.7 Å². The van der Waals surface area contributed by atoms with E-state index < -0.39 is 0 Å². The summed E-state index contributed by atoms with van der Waals surface area (Å²) in [5.74, 6) is -0.377. The topological polar surface area (TPSA) is 21.1 Å². The van der Waals surface area contributed by atoms with Gasteiger partial charge >= 0.3 is 0 Å². The zero-order valence-corrected chi connectivity index (χ0v) is 12.6. The summed E-state index contributed by atoms with van der Waals surface area (Å²) >= 11 is 5.76. The van der Waals surface area contributed by atoms with Gasteiger partial charge in [0.2, 0.25) is 0 Å². The van der Waals surface area contributed by atoms with Crippen molar-refractivity contribution in [3.63, 3.8) is 0 Å². The first kappa shape index (κ1) is 13.4. The van der Waals surface area contributed by atoms with Crippen LogP contribution in [0, 0.1) is 5.82 Å². The molecule has 0 radical (unpaired) electrons. The highest BCUT2D eigenvalue weighted by Crippen LogP contribution is 2.35. The molecule has 1 aromatic carbocycles. The Hall–Kier alpha value is -1.55. The van der Waals surface area contributed by atoms with Gasteiger partial charge in [0.25, 0.3) is 0 Å². The maximum atomic E-state index is 13.7. The molecule has 0 saturated heterocycles. The van der Waals surface area contributed by atoms with E-state index in [1.54, 1.807) is 6.07 Å². The van der Waals surface area contributed by atoms with Crippen LogP contribution in [0.2, 0.25) is 5.02 Å². The Bertz CT molecular complexity index is 663. The van der Waals surface area contributed by atoms with Crippen molar-refractivity contribution in [2.75, 3.05) is 11.4 Å². The maximum Gasteiger partial charge on any atom is 0.143 e. The summed E-state index contributed by atoms with van der Waals surface area (Å²) in [5.41, 5.74) is 3.10. The van der Waals surface area contributed by atoms with E-state index in [1.165, 1.54) is 11.8 Å². The lowest BCUT2D eigenvalue weighted by molar-refractivity contribution is 0.458. The van der Waals surface area contributed by atoms with Crippen molar-refractivity contribution in [1.29, 1.82) is 0 Å².